The van der Waals surface area contributed by atoms with Gasteiger partial charge in [0.05, 0.1) is 11.2 Å². The smallest absolute Gasteiger partial charge is 0.390 e. The van der Waals surface area contributed by atoms with E-state index in [-0.39, 0.29) is 18.0 Å². The molecule has 124 valence electrons. The van der Waals surface area contributed by atoms with Crippen LogP contribution in [0.1, 0.15) is 37.8 Å². The number of benzene rings is 1. The Labute approximate surface area is 127 Å². The van der Waals surface area contributed by atoms with Crippen molar-refractivity contribution in [2.24, 2.45) is 5.92 Å². The van der Waals surface area contributed by atoms with E-state index in [0.29, 0.717) is 12.6 Å². The van der Waals surface area contributed by atoms with Crippen molar-refractivity contribution in [3.63, 3.8) is 0 Å². The molecule has 1 atom stereocenters. The number of rotatable bonds is 3. The monoisotopic (exact) mass is 319 g/mol. The molecule has 0 bridgehead atoms. The molecular weight excluding hydrogens is 298 g/mol. The molecule has 1 saturated heterocycles. The fraction of sp³-hybridized carbons (Fsp3) is 0.625. The summed E-state index contributed by atoms with van der Waals surface area (Å²) >= 11 is 0. The molecule has 6 heteroatoms. The molecule has 0 aromatic heterocycles. The van der Waals surface area contributed by atoms with Crippen molar-refractivity contribution < 1.29 is 22.7 Å². The van der Waals surface area contributed by atoms with Gasteiger partial charge in [0.2, 0.25) is 0 Å². The van der Waals surface area contributed by atoms with E-state index < -0.39 is 23.2 Å². The second-order valence-electron chi connectivity index (χ2n) is 6.53. The number of aliphatic hydroxyl groups is 1. The first-order chi connectivity index (χ1) is 10.1. The maximum absolute atomic E-state index is 13.9. The van der Waals surface area contributed by atoms with Crippen LogP contribution in [0.15, 0.2) is 18.2 Å². The molecule has 1 aromatic rings. The van der Waals surface area contributed by atoms with E-state index >= 15 is 0 Å². The van der Waals surface area contributed by atoms with E-state index in [1.165, 1.54) is 6.07 Å². The predicted octanol–water partition coefficient (Wildman–Crippen LogP) is 3.83. The van der Waals surface area contributed by atoms with E-state index in [1.54, 1.807) is 13.8 Å². The Bertz CT molecular complexity index is 522. The maximum Gasteiger partial charge on any atom is 0.416 e. The highest BCUT2D eigenvalue weighted by Gasteiger charge is 2.33. The zero-order chi connectivity index (χ0) is 16.5. The average molecular weight is 319 g/mol. The SMILES string of the molecule is CC(C)(O)[C@@H]1CCCN(Cc2ccc(C(F)(F)F)cc2F)C1. The van der Waals surface area contributed by atoms with E-state index in [0.717, 1.165) is 25.5 Å². The molecule has 1 fully saturated rings. The quantitative estimate of drug-likeness (QED) is 0.856. The highest BCUT2D eigenvalue weighted by molar-refractivity contribution is 5.26. The van der Waals surface area contributed by atoms with E-state index in [2.05, 4.69) is 0 Å². The molecule has 0 unspecified atom stereocenters. The number of nitrogens with zero attached hydrogens (tertiary/aromatic N) is 1. The predicted molar refractivity (Wildman–Crippen MR) is 75.7 cm³/mol. The van der Waals surface area contributed by atoms with Crippen molar-refractivity contribution in [1.29, 1.82) is 0 Å². The topological polar surface area (TPSA) is 23.5 Å². The van der Waals surface area contributed by atoms with Crippen LogP contribution in [0.5, 0.6) is 0 Å². The van der Waals surface area contributed by atoms with Crippen LogP contribution in [-0.4, -0.2) is 28.7 Å². The summed E-state index contributed by atoms with van der Waals surface area (Å²) in [5.74, 6) is -0.751. The minimum atomic E-state index is -4.53. The molecule has 0 aliphatic carbocycles. The summed E-state index contributed by atoms with van der Waals surface area (Å²) in [4.78, 5) is 1.98. The second-order valence-corrected chi connectivity index (χ2v) is 6.53. The average Bonchev–Trinajstić information content (AvgIpc) is 2.39. The van der Waals surface area contributed by atoms with Gasteiger partial charge in [-0.3, -0.25) is 4.90 Å². The highest BCUT2D eigenvalue weighted by atomic mass is 19.4. The fourth-order valence-electron chi connectivity index (χ4n) is 2.87. The summed E-state index contributed by atoms with van der Waals surface area (Å²) in [6.07, 6.45) is -2.75. The molecule has 0 amide bonds. The van der Waals surface area contributed by atoms with Gasteiger partial charge in [-0.25, -0.2) is 4.39 Å². The number of hydrogen-bond acceptors (Lipinski definition) is 2. The minimum absolute atomic E-state index is 0.0822. The standard InChI is InChI=1S/C16H21F4NO/c1-15(2,22)13-4-3-7-21(10-13)9-11-5-6-12(8-14(11)17)16(18,19)20/h5-6,8,13,22H,3-4,7,9-10H2,1-2H3/t13-/m1/s1. The van der Waals surface area contributed by atoms with Crippen LogP contribution in [0.2, 0.25) is 0 Å². The second kappa shape index (κ2) is 6.16. The van der Waals surface area contributed by atoms with Crippen LogP contribution >= 0.6 is 0 Å². The minimum Gasteiger partial charge on any atom is -0.390 e. The lowest BCUT2D eigenvalue weighted by Gasteiger charge is -2.38. The third-order valence-corrected chi connectivity index (χ3v) is 4.28. The first-order valence-corrected chi connectivity index (χ1v) is 7.37. The number of hydrogen-bond donors (Lipinski definition) is 1. The lowest BCUT2D eigenvalue weighted by molar-refractivity contribution is -0.137. The van der Waals surface area contributed by atoms with Gasteiger partial charge >= 0.3 is 6.18 Å². The Morgan fingerprint density at radius 2 is 1.95 bits per heavy atom. The molecule has 1 heterocycles. The fourth-order valence-corrected chi connectivity index (χ4v) is 2.87. The van der Waals surface area contributed by atoms with Crippen LogP contribution in [0.25, 0.3) is 0 Å². The number of alkyl halides is 3. The first kappa shape index (κ1) is 17.2. The van der Waals surface area contributed by atoms with Crippen molar-refractivity contribution in [2.45, 2.75) is 45.0 Å². The van der Waals surface area contributed by atoms with Crippen molar-refractivity contribution in [3.05, 3.63) is 35.1 Å². The van der Waals surface area contributed by atoms with Crippen LogP contribution in [0, 0.1) is 11.7 Å². The number of halogens is 4. The molecule has 1 aliphatic rings. The van der Waals surface area contributed by atoms with Crippen LogP contribution in [0.3, 0.4) is 0 Å². The molecule has 22 heavy (non-hydrogen) atoms. The van der Waals surface area contributed by atoms with E-state index in [9.17, 15) is 22.7 Å². The Hall–Kier alpha value is -1.14. The van der Waals surface area contributed by atoms with Gasteiger partial charge in [0.25, 0.3) is 0 Å². The van der Waals surface area contributed by atoms with Crippen molar-refractivity contribution in [2.75, 3.05) is 13.1 Å². The Morgan fingerprint density at radius 3 is 2.50 bits per heavy atom. The Balaban J connectivity index is 2.08. The third kappa shape index (κ3) is 4.20. The van der Waals surface area contributed by atoms with Gasteiger partial charge in [0, 0.05) is 18.7 Å². The lowest BCUT2D eigenvalue weighted by atomic mass is 9.84. The molecule has 1 N–H and O–H groups in total. The molecule has 0 spiro atoms. The van der Waals surface area contributed by atoms with Crippen molar-refractivity contribution in [3.8, 4) is 0 Å². The van der Waals surface area contributed by atoms with Crippen molar-refractivity contribution in [1.82, 2.24) is 4.90 Å². The summed E-state index contributed by atoms with van der Waals surface area (Å²) in [5.41, 5.74) is -1.52. The van der Waals surface area contributed by atoms with Crippen LogP contribution in [-0.2, 0) is 12.7 Å². The number of piperidine rings is 1. The normalized spacial score (nSPS) is 21.1. The Morgan fingerprint density at radius 1 is 1.27 bits per heavy atom. The van der Waals surface area contributed by atoms with E-state index in [1.807, 2.05) is 4.90 Å². The molecule has 1 aromatic carbocycles. The highest BCUT2D eigenvalue weighted by Crippen LogP contribution is 2.31. The van der Waals surface area contributed by atoms with E-state index in [4.69, 9.17) is 0 Å². The molecular formula is C16H21F4NO. The maximum atomic E-state index is 13.9. The van der Waals surface area contributed by atoms with Gasteiger partial charge in [-0.2, -0.15) is 13.2 Å². The van der Waals surface area contributed by atoms with Gasteiger partial charge in [0.15, 0.2) is 0 Å². The largest absolute Gasteiger partial charge is 0.416 e. The zero-order valence-electron chi connectivity index (χ0n) is 12.8. The summed E-state index contributed by atoms with van der Waals surface area (Å²) in [6.45, 7) is 5.13. The summed E-state index contributed by atoms with van der Waals surface area (Å²) in [5, 5.41) is 10.1. The molecule has 1 aliphatic heterocycles. The molecule has 2 nitrogen and oxygen atoms in total. The van der Waals surface area contributed by atoms with Crippen LogP contribution in [0.4, 0.5) is 17.6 Å². The first-order valence-electron chi connectivity index (χ1n) is 7.37. The summed E-state index contributed by atoms with van der Waals surface area (Å²) < 4.78 is 51.5. The van der Waals surface area contributed by atoms with Crippen LogP contribution < -0.4 is 0 Å². The molecule has 2 rings (SSSR count). The summed E-state index contributed by atoms with van der Waals surface area (Å²) in [6, 6.07) is 2.66. The molecule has 0 saturated carbocycles. The summed E-state index contributed by atoms with van der Waals surface area (Å²) in [7, 11) is 0. The van der Waals surface area contributed by atoms with Gasteiger partial charge in [-0.05, 0) is 51.3 Å². The van der Waals surface area contributed by atoms with Gasteiger partial charge in [0.1, 0.15) is 5.82 Å². The van der Waals surface area contributed by atoms with Crippen molar-refractivity contribution >= 4 is 0 Å². The lowest BCUT2D eigenvalue weighted by Crippen LogP contribution is -2.44. The number of likely N-dealkylation sites (tertiary alicyclic amines) is 1. The molecule has 0 radical (unpaired) electrons. The third-order valence-electron chi connectivity index (χ3n) is 4.28. The Kier molecular flexibility index (Phi) is 4.82. The van der Waals surface area contributed by atoms with Gasteiger partial charge < -0.3 is 5.11 Å². The zero-order valence-corrected chi connectivity index (χ0v) is 12.8. The van der Waals surface area contributed by atoms with Gasteiger partial charge in [-0.1, -0.05) is 6.07 Å². The van der Waals surface area contributed by atoms with Gasteiger partial charge in [-0.15, -0.1) is 0 Å².